The molecular weight excluding hydrogens is 314 g/mol. The fourth-order valence-electron chi connectivity index (χ4n) is 1.65. The molecule has 0 aliphatic heterocycles. The monoisotopic (exact) mass is 327 g/mol. The van der Waals surface area contributed by atoms with Gasteiger partial charge in [-0.15, -0.1) is 0 Å². The van der Waals surface area contributed by atoms with Crippen LogP contribution in [0.1, 0.15) is 5.82 Å². The maximum Gasteiger partial charge on any atom is 0.180 e. The van der Waals surface area contributed by atoms with Gasteiger partial charge in [-0.25, -0.2) is 18.4 Å². The number of aliphatic hydroxyl groups excluding tert-OH is 1. The summed E-state index contributed by atoms with van der Waals surface area (Å²) in [5, 5.41) is 12.3. The van der Waals surface area contributed by atoms with Crippen molar-refractivity contribution in [3.8, 4) is 0 Å². The molecule has 1 aromatic heterocycles. The lowest BCUT2D eigenvalue weighted by Gasteiger charge is -2.07. The van der Waals surface area contributed by atoms with Gasteiger partial charge in [-0.3, -0.25) is 0 Å². The maximum atomic E-state index is 12.1. The average molecular weight is 328 g/mol. The highest BCUT2D eigenvalue weighted by molar-refractivity contribution is 7.91. The van der Waals surface area contributed by atoms with E-state index in [2.05, 4.69) is 15.3 Å². The molecule has 6 nitrogen and oxygen atoms in total. The minimum atomic E-state index is -3.38. The number of benzene rings is 1. The Hall–Kier alpha value is -1.70. The number of anilines is 1. The molecule has 0 amide bonds. The zero-order valence-electron chi connectivity index (χ0n) is 11.0. The summed E-state index contributed by atoms with van der Waals surface area (Å²) < 4.78 is 24.2. The van der Waals surface area contributed by atoms with E-state index in [1.165, 1.54) is 18.3 Å². The average Bonchev–Trinajstić information content (AvgIpc) is 2.48. The van der Waals surface area contributed by atoms with Gasteiger partial charge in [-0.05, 0) is 30.3 Å². The number of nitrogens with zero attached hydrogens (tertiary/aromatic N) is 2. The molecule has 8 heteroatoms. The van der Waals surface area contributed by atoms with E-state index in [4.69, 9.17) is 16.7 Å². The standard InChI is InChI=1S/C13H14ClN3O3S/c14-10-1-3-11(4-2-10)21(19,20)8-7-16-12-5-6-15-13(9-18)17-12/h1-6,18H,7-9H2,(H,15,16,17). The zero-order chi connectivity index (χ0) is 15.3. The third-order valence-corrected chi connectivity index (χ3v) is 4.68. The molecule has 2 N–H and O–H groups in total. The summed E-state index contributed by atoms with van der Waals surface area (Å²) >= 11 is 5.73. The van der Waals surface area contributed by atoms with Gasteiger partial charge < -0.3 is 10.4 Å². The van der Waals surface area contributed by atoms with E-state index in [1.54, 1.807) is 18.2 Å². The van der Waals surface area contributed by atoms with Crippen LogP contribution in [0.3, 0.4) is 0 Å². The predicted molar refractivity (Wildman–Crippen MR) is 79.9 cm³/mol. The van der Waals surface area contributed by atoms with Crippen LogP contribution in [0.4, 0.5) is 5.82 Å². The second-order valence-corrected chi connectivity index (χ2v) is 6.76. The first-order valence-electron chi connectivity index (χ1n) is 6.16. The zero-order valence-corrected chi connectivity index (χ0v) is 12.6. The molecule has 0 saturated heterocycles. The lowest BCUT2D eigenvalue weighted by Crippen LogP contribution is -2.16. The Labute approximate surface area is 127 Å². The van der Waals surface area contributed by atoms with Gasteiger partial charge in [-0.1, -0.05) is 11.6 Å². The first-order chi connectivity index (χ1) is 10.0. The first-order valence-corrected chi connectivity index (χ1v) is 8.19. The van der Waals surface area contributed by atoms with Crippen molar-refractivity contribution in [2.24, 2.45) is 0 Å². The highest BCUT2D eigenvalue weighted by atomic mass is 35.5. The van der Waals surface area contributed by atoms with E-state index in [0.29, 0.717) is 10.8 Å². The Bertz CT molecular complexity index is 705. The normalized spacial score (nSPS) is 11.3. The van der Waals surface area contributed by atoms with Gasteiger partial charge in [0.2, 0.25) is 0 Å². The Morgan fingerprint density at radius 1 is 1.19 bits per heavy atom. The van der Waals surface area contributed by atoms with Gasteiger partial charge in [0.1, 0.15) is 12.4 Å². The summed E-state index contributed by atoms with van der Waals surface area (Å²) in [7, 11) is -3.38. The van der Waals surface area contributed by atoms with E-state index >= 15 is 0 Å². The van der Waals surface area contributed by atoms with E-state index in [-0.39, 0.29) is 29.6 Å². The fraction of sp³-hybridized carbons (Fsp3) is 0.231. The molecule has 0 aliphatic carbocycles. The van der Waals surface area contributed by atoms with Crippen molar-refractivity contribution >= 4 is 27.3 Å². The van der Waals surface area contributed by atoms with Crippen LogP contribution >= 0.6 is 11.6 Å². The summed E-state index contributed by atoms with van der Waals surface area (Å²) in [6, 6.07) is 7.64. The van der Waals surface area contributed by atoms with Crippen LogP contribution in [0.15, 0.2) is 41.4 Å². The van der Waals surface area contributed by atoms with Crippen molar-refractivity contribution in [2.75, 3.05) is 17.6 Å². The molecular formula is C13H14ClN3O3S. The number of halogens is 1. The Balaban J connectivity index is 1.97. The second-order valence-electron chi connectivity index (χ2n) is 4.22. The molecule has 21 heavy (non-hydrogen) atoms. The van der Waals surface area contributed by atoms with Crippen molar-refractivity contribution in [1.29, 1.82) is 0 Å². The van der Waals surface area contributed by atoms with Crippen molar-refractivity contribution in [3.63, 3.8) is 0 Å². The molecule has 0 unspecified atom stereocenters. The molecule has 0 radical (unpaired) electrons. The van der Waals surface area contributed by atoms with Gasteiger partial charge in [-0.2, -0.15) is 0 Å². The van der Waals surface area contributed by atoms with Crippen molar-refractivity contribution in [3.05, 3.63) is 47.4 Å². The minimum absolute atomic E-state index is 0.0763. The maximum absolute atomic E-state index is 12.1. The third kappa shape index (κ3) is 4.38. The van der Waals surface area contributed by atoms with Crippen molar-refractivity contribution < 1.29 is 13.5 Å². The second kappa shape index (κ2) is 6.84. The van der Waals surface area contributed by atoms with E-state index in [1.807, 2.05) is 0 Å². The molecule has 0 aliphatic rings. The number of sulfone groups is 1. The topological polar surface area (TPSA) is 92.2 Å². The smallest absolute Gasteiger partial charge is 0.180 e. The molecule has 2 rings (SSSR count). The van der Waals surface area contributed by atoms with Crippen molar-refractivity contribution in [1.82, 2.24) is 9.97 Å². The summed E-state index contributed by atoms with van der Waals surface area (Å²) in [4.78, 5) is 8.08. The highest BCUT2D eigenvalue weighted by Gasteiger charge is 2.13. The molecule has 1 aromatic carbocycles. The van der Waals surface area contributed by atoms with Crippen LogP contribution in [0.2, 0.25) is 5.02 Å². The van der Waals surface area contributed by atoms with E-state index in [0.717, 1.165) is 0 Å². The van der Waals surface area contributed by atoms with Crippen LogP contribution < -0.4 is 5.32 Å². The number of rotatable bonds is 6. The minimum Gasteiger partial charge on any atom is -0.388 e. The number of hydrogen-bond donors (Lipinski definition) is 2. The molecule has 112 valence electrons. The van der Waals surface area contributed by atoms with Gasteiger partial charge in [0.05, 0.1) is 10.6 Å². The van der Waals surface area contributed by atoms with E-state index in [9.17, 15) is 8.42 Å². The van der Waals surface area contributed by atoms with E-state index < -0.39 is 9.84 Å². The summed E-state index contributed by atoms with van der Waals surface area (Å²) in [6.45, 7) is -0.0641. The Morgan fingerprint density at radius 3 is 2.57 bits per heavy atom. The lowest BCUT2D eigenvalue weighted by molar-refractivity contribution is 0.271. The number of aromatic nitrogens is 2. The van der Waals surface area contributed by atoms with Gasteiger partial charge in [0, 0.05) is 17.8 Å². The van der Waals surface area contributed by atoms with Crippen LogP contribution in [0.5, 0.6) is 0 Å². The van der Waals surface area contributed by atoms with Crippen molar-refractivity contribution in [2.45, 2.75) is 11.5 Å². The van der Waals surface area contributed by atoms with Crippen LogP contribution in [0, 0.1) is 0 Å². The molecule has 0 bridgehead atoms. The molecule has 2 aromatic rings. The summed E-state index contributed by atoms with van der Waals surface area (Å²) in [5.74, 6) is 0.675. The molecule has 1 heterocycles. The quantitative estimate of drug-likeness (QED) is 0.835. The number of hydrogen-bond acceptors (Lipinski definition) is 6. The molecule has 0 saturated carbocycles. The number of nitrogens with one attached hydrogen (secondary N) is 1. The van der Waals surface area contributed by atoms with Crippen LogP contribution in [-0.4, -0.2) is 35.8 Å². The Kier molecular flexibility index (Phi) is 5.11. The SMILES string of the molecule is O=S(=O)(CCNc1ccnc(CO)n1)c1ccc(Cl)cc1. The molecule has 0 atom stereocenters. The van der Waals surface area contributed by atoms with Gasteiger partial charge in [0.15, 0.2) is 15.7 Å². The highest BCUT2D eigenvalue weighted by Crippen LogP contribution is 2.15. The summed E-state index contributed by atoms with van der Waals surface area (Å²) in [5.41, 5.74) is 0. The fourth-order valence-corrected chi connectivity index (χ4v) is 2.93. The third-order valence-electron chi connectivity index (χ3n) is 2.70. The van der Waals surface area contributed by atoms with Crippen LogP contribution in [-0.2, 0) is 16.4 Å². The van der Waals surface area contributed by atoms with Crippen LogP contribution in [0.25, 0.3) is 0 Å². The van der Waals surface area contributed by atoms with Gasteiger partial charge >= 0.3 is 0 Å². The number of aliphatic hydroxyl groups is 1. The first kappa shape index (κ1) is 15.7. The Morgan fingerprint density at radius 2 is 1.90 bits per heavy atom. The molecule has 0 spiro atoms. The molecule has 0 fully saturated rings. The summed E-state index contributed by atoms with van der Waals surface area (Å²) in [6.07, 6.45) is 1.49. The lowest BCUT2D eigenvalue weighted by atomic mass is 10.4. The largest absolute Gasteiger partial charge is 0.388 e. The van der Waals surface area contributed by atoms with Gasteiger partial charge in [0.25, 0.3) is 0 Å². The predicted octanol–water partition coefficient (Wildman–Crippen LogP) is 1.51.